The molecule has 0 amide bonds. The molecule has 2 heterocycles. The highest BCUT2D eigenvalue weighted by Gasteiger charge is 2.15. The summed E-state index contributed by atoms with van der Waals surface area (Å²) in [5, 5.41) is 0. The summed E-state index contributed by atoms with van der Waals surface area (Å²) < 4.78 is 2.01. The summed E-state index contributed by atoms with van der Waals surface area (Å²) in [4.78, 5) is 12.3. The van der Waals surface area contributed by atoms with Gasteiger partial charge >= 0.3 is 5.65 Å². The third-order valence-electron chi connectivity index (χ3n) is 2.67. The fourth-order valence-electron chi connectivity index (χ4n) is 1.72. The Kier molecular flexibility index (Phi) is 1.54. The second-order valence-electron chi connectivity index (χ2n) is 3.65. The first-order valence-electron chi connectivity index (χ1n) is 4.87. The first-order chi connectivity index (χ1) is 7.25. The Morgan fingerprint density at radius 3 is 2.53 bits per heavy atom. The lowest BCUT2D eigenvalue weighted by atomic mass is 10.3. The summed E-state index contributed by atoms with van der Waals surface area (Å²) in [5.74, 6) is 1.06. The van der Waals surface area contributed by atoms with Crippen LogP contribution in [0, 0.1) is 6.92 Å². The molecule has 3 rings (SSSR count). The lowest BCUT2D eigenvalue weighted by Gasteiger charge is -1.90. The highest BCUT2D eigenvalue weighted by atomic mass is 15.1. The number of aromatic nitrogens is 4. The maximum atomic E-state index is 4.57. The van der Waals surface area contributed by atoms with Gasteiger partial charge in [-0.1, -0.05) is 17.1 Å². The zero-order valence-electron chi connectivity index (χ0n) is 8.65. The number of para-hydroxylation sites is 2. The van der Waals surface area contributed by atoms with Gasteiger partial charge in [0, 0.05) is 6.92 Å². The minimum atomic E-state index is 0.841. The van der Waals surface area contributed by atoms with Crippen molar-refractivity contribution in [3.63, 3.8) is 0 Å². The third-order valence-corrected chi connectivity index (χ3v) is 2.67. The van der Waals surface area contributed by atoms with E-state index in [0.29, 0.717) is 0 Å². The predicted octanol–water partition coefficient (Wildman–Crippen LogP) is 1.24. The van der Waals surface area contributed by atoms with E-state index in [2.05, 4.69) is 15.0 Å². The Hall–Kier alpha value is -1.97. The van der Waals surface area contributed by atoms with Crippen LogP contribution in [0.1, 0.15) is 5.82 Å². The summed E-state index contributed by atoms with van der Waals surface area (Å²) in [6.07, 6.45) is 0. The van der Waals surface area contributed by atoms with E-state index in [1.54, 1.807) is 0 Å². The van der Waals surface area contributed by atoms with E-state index < -0.39 is 0 Å². The Morgan fingerprint density at radius 1 is 1.13 bits per heavy atom. The highest BCUT2D eigenvalue weighted by Crippen LogP contribution is 2.12. The normalized spacial score (nSPS) is 11.3. The quantitative estimate of drug-likeness (QED) is 0.554. The fourth-order valence-corrected chi connectivity index (χ4v) is 1.72. The first-order valence-corrected chi connectivity index (χ1v) is 4.87. The smallest absolute Gasteiger partial charge is 0.256 e. The summed E-state index contributed by atoms with van der Waals surface area (Å²) in [6, 6.07) is 7.89. The van der Waals surface area contributed by atoms with Crippen LogP contribution in [-0.4, -0.2) is 15.0 Å². The lowest BCUT2D eigenvalue weighted by molar-refractivity contribution is -0.653. The standard InChI is InChI=1S/C11H10N4/c1-7-12-10-11(15(7)2)14-9-6-4-3-5-8(9)13-10/h3-6H,1-2H3/p+1. The third kappa shape index (κ3) is 1.11. The van der Waals surface area contributed by atoms with Crippen LogP contribution < -0.4 is 4.57 Å². The predicted molar refractivity (Wildman–Crippen MR) is 57.3 cm³/mol. The molecule has 74 valence electrons. The molecule has 15 heavy (non-hydrogen) atoms. The molecule has 0 spiro atoms. The Morgan fingerprint density at radius 2 is 1.80 bits per heavy atom. The van der Waals surface area contributed by atoms with E-state index in [0.717, 1.165) is 28.2 Å². The van der Waals surface area contributed by atoms with Crippen molar-refractivity contribution in [1.82, 2.24) is 15.0 Å². The van der Waals surface area contributed by atoms with Crippen molar-refractivity contribution in [2.24, 2.45) is 7.05 Å². The first kappa shape index (κ1) is 8.35. The number of aryl methyl sites for hydroxylation is 2. The van der Waals surface area contributed by atoms with Crippen LogP contribution in [0.15, 0.2) is 24.3 Å². The van der Waals surface area contributed by atoms with Crippen LogP contribution in [0.4, 0.5) is 0 Å². The topological polar surface area (TPSA) is 45.5 Å². The molecule has 1 N–H and O–H groups in total. The van der Waals surface area contributed by atoms with Gasteiger partial charge in [-0.15, -0.1) is 0 Å². The molecule has 4 heteroatoms. The maximum Gasteiger partial charge on any atom is 0.322 e. The minimum Gasteiger partial charge on any atom is -0.256 e. The largest absolute Gasteiger partial charge is 0.322 e. The van der Waals surface area contributed by atoms with Crippen LogP contribution in [0.5, 0.6) is 0 Å². The molecule has 0 atom stereocenters. The molecule has 0 radical (unpaired) electrons. The lowest BCUT2D eigenvalue weighted by Crippen LogP contribution is -2.30. The molecule has 0 saturated carbocycles. The van der Waals surface area contributed by atoms with Crippen molar-refractivity contribution in [2.45, 2.75) is 6.92 Å². The molecule has 2 aromatic heterocycles. The molecule has 0 bridgehead atoms. The number of imidazole rings is 1. The van der Waals surface area contributed by atoms with Gasteiger partial charge in [-0.2, -0.15) is 0 Å². The van der Waals surface area contributed by atoms with E-state index >= 15 is 0 Å². The number of hydrogen-bond acceptors (Lipinski definition) is 2. The monoisotopic (exact) mass is 199 g/mol. The number of aromatic amines is 1. The average molecular weight is 199 g/mol. The summed E-state index contributed by atoms with van der Waals surface area (Å²) in [5.41, 5.74) is 3.59. The fraction of sp³-hybridized carbons (Fsp3) is 0.182. The molecule has 0 aliphatic heterocycles. The number of nitrogens with one attached hydrogen (secondary N) is 1. The van der Waals surface area contributed by atoms with Crippen LogP contribution in [0.2, 0.25) is 0 Å². The van der Waals surface area contributed by atoms with Gasteiger partial charge in [0.05, 0.1) is 7.05 Å². The van der Waals surface area contributed by atoms with Gasteiger partial charge in [-0.3, -0.25) is 4.98 Å². The van der Waals surface area contributed by atoms with Gasteiger partial charge in [0.25, 0.3) is 5.65 Å². The van der Waals surface area contributed by atoms with Crippen LogP contribution in [-0.2, 0) is 7.05 Å². The summed E-state index contributed by atoms with van der Waals surface area (Å²) in [6.45, 7) is 2.01. The highest BCUT2D eigenvalue weighted by molar-refractivity contribution is 5.81. The van der Waals surface area contributed by atoms with E-state index in [1.165, 1.54) is 0 Å². The number of H-pyrrole nitrogens is 1. The average Bonchev–Trinajstić information content (AvgIpc) is 2.52. The SMILES string of the molecule is Cc1[nH]c2nc3ccccc3nc2[n+]1C. The van der Waals surface area contributed by atoms with E-state index in [1.807, 2.05) is 42.8 Å². The van der Waals surface area contributed by atoms with Gasteiger partial charge in [-0.05, 0) is 12.1 Å². The minimum absolute atomic E-state index is 0.841. The number of fused-ring (bicyclic) bond motifs is 2. The maximum absolute atomic E-state index is 4.57. The second-order valence-corrected chi connectivity index (χ2v) is 3.65. The van der Waals surface area contributed by atoms with Crippen molar-refractivity contribution in [3.05, 3.63) is 30.1 Å². The van der Waals surface area contributed by atoms with Crippen LogP contribution >= 0.6 is 0 Å². The van der Waals surface area contributed by atoms with Gasteiger partial charge in [0.15, 0.2) is 11.3 Å². The van der Waals surface area contributed by atoms with Crippen molar-refractivity contribution in [1.29, 1.82) is 0 Å². The van der Waals surface area contributed by atoms with Gasteiger partial charge in [0.2, 0.25) is 0 Å². The van der Waals surface area contributed by atoms with E-state index in [9.17, 15) is 0 Å². The van der Waals surface area contributed by atoms with Gasteiger partial charge in [-0.25, -0.2) is 9.55 Å². The van der Waals surface area contributed by atoms with E-state index in [-0.39, 0.29) is 0 Å². The molecular formula is C11H11N4+. The van der Waals surface area contributed by atoms with E-state index in [4.69, 9.17) is 0 Å². The molecule has 0 unspecified atom stereocenters. The second kappa shape index (κ2) is 2.76. The number of benzene rings is 1. The molecule has 4 nitrogen and oxygen atoms in total. The Balaban J connectivity index is 2.53. The number of nitrogens with zero attached hydrogens (tertiary/aromatic N) is 3. The number of hydrogen-bond donors (Lipinski definition) is 1. The van der Waals surface area contributed by atoms with Crippen molar-refractivity contribution < 1.29 is 4.57 Å². The Labute approximate surface area is 86.6 Å². The van der Waals surface area contributed by atoms with Gasteiger partial charge in [0.1, 0.15) is 5.52 Å². The van der Waals surface area contributed by atoms with Crippen molar-refractivity contribution in [3.8, 4) is 0 Å². The summed E-state index contributed by atoms with van der Waals surface area (Å²) >= 11 is 0. The zero-order chi connectivity index (χ0) is 10.4. The van der Waals surface area contributed by atoms with Crippen LogP contribution in [0.25, 0.3) is 22.3 Å². The van der Waals surface area contributed by atoms with Crippen LogP contribution in [0.3, 0.4) is 0 Å². The van der Waals surface area contributed by atoms with Crippen molar-refractivity contribution >= 4 is 22.3 Å². The molecule has 3 aromatic rings. The zero-order valence-corrected chi connectivity index (χ0v) is 8.65. The summed E-state index contributed by atoms with van der Waals surface area (Å²) in [7, 11) is 1.98. The Bertz CT molecular complexity index is 654. The molecular weight excluding hydrogens is 188 g/mol. The van der Waals surface area contributed by atoms with Gasteiger partial charge < -0.3 is 0 Å². The molecule has 1 aromatic carbocycles. The molecule has 0 aliphatic carbocycles. The molecule has 0 aliphatic rings. The van der Waals surface area contributed by atoms with Crippen molar-refractivity contribution in [2.75, 3.05) is 0 Å². The molecule has 0 saturated heterocycles. The molecule has 0 fully saturated rings. The number of rotatable bonds is 0.